The number of aromatic nitrogens is 4. The van der Waals surface area contributed by atoms with Crippen LogP contribution in [0.15, 0.2) is 23.0 Å². The van der Waals surface area contributed by atoms with Crippen molar-refractivity contribution in [2.75, 3.05) is 18.9 Å². The summed E-state index contributed by atoms with van der Waals surface area (Å²) in [6, 6.07) is 5.31. The molecule has 0 aliphatic carbocycles. The maximum atomic E-state index is 12.6. The second-order valence-corrected chi connectivity index (χ2v) is 6.72. The topological polar surface area (TPSA) is 145 Å². The molecule has 0 atom stereocenters. The van der Waals surface area contributed by atoms with E-state index in [-0.39, 0.29) is 24.8 Å². The number of unbranched alkanes of at least 4 members (excludes halogenated alkanes) is 1. The van der Waals surface area contributed by atoms with E-state index in [0.717, 1.165) is 12.8 Å². The Morgan fingerprint density at radius 1 is 1.23 bits per heavy atom. The van der Waals surface area contributed by atoms with Gasteiger partial charge in [-0.15, -0.1) is 0 Å². The number of fused-ring (bicyclic) bond motifs is 1. The molecule has 0 radical (unpaired) electrons. The van der Waals surface area contributed by atoms with Gasteiger partial charge in [0.05, 0.1) is 26.2 Å². The van der Waals surface area contributed by atoms with Gasteiger partial charge in [-0.05, 0) is 13.3 Å². The number of nitrogens with zero attached hydrogens (tertiary/aromatic N) is 3. The van der Waals surface area contributed by atoms with Gasteiger partial charge in [0.25, 0.3) is 0 Å². The molecule has 0 saturated carbocycles. The molecule has 0 unspecified atom stereocenters. The Morgan fingerprint density at radius 3 is 2.70 bits per heavy atom. The van der Waals surface area contributed by atoms with Gasteiger partial charge in [0.2, 0.25) is 0 Å². The van der Waals surface area contributed by atoms with Gasteiger partial charge in [0.15, 0.2) is 11.5 Å². The summed E-state index contributed by atoms with van der Waals surface area (Å²) in [6.07, 6.45) is 1.62. The minimum Gasteiger partial charge on any atom is -0.493 e. The van der Waals surface area contributed by atoms with Crippen LogP contribution in [0.3, 0.4) is 0 Å². The normalized spacial score (nSPS) is 11.0. The summed E-state index contributed by atoms with van der Waals surface area (Å²) in [5, 5.41) is 9.18. The van der Waals surface area contributed by atoms with Gasteiger partial charge in [-0.2, -0.15) is 9.97 Å². The largest absolute Gasteiger partial charge is 0.493 e. The van der Waals surface area contributed by atoms with Crippen molar-refractivity contribution in [3.8, 4) is 11.8 Å². The number of hydrogen-bond donors (Lipinski definition) is 3. The number of nitrogens with two attached hydrogens (primary N) is 1. The summed E-state index contributed by atoms with van der Waals surface area (Å²) >= 11 is 0. The number of para-hydroxylation sites is 1. The second kappa shape index (κ2) is 9.29. The summed E-state index contributed by atoms with van der Waals surface area (Å²) in [5.74, 6) is -0.399. The first kappa shape index (κ1) is 21.2. The number of imidazole rings is 1. The monoisotopic (exact) mass is 415 g/mol. The fourth-order valence-electron chi connectivity index (χ4n) is 3.11. The van der Waals surface area contributed by atoms with Crippen LogP contribution in [-0.4, -0.2) is 43.8 Å². The first-order valence-corrected chi connectivity index (χ1v) is 9.78. The molecule has 1 aromatic carbocycles. The van der Waals surface area contributed by atoms with E-state index in [0.29, 0.717) is 41.3 Å². The van der Waals surface area contributed by atoms with E-state index < -0.39 is 11.7 Å². The fourth-order valence-corrected chi connectivity index (χ4v) is 3.11. The molecular weight excluding hydrogens is 390 g/mol. The van der Waals surface area contributed by atoms with Gasteiger partial charge in [0.1, 0.15) is 11.3 Å². The van der Waals surface area contributed by atoms with E-state index in [4.69, 9.17) is 15.2 Å². The standard InChI is InChI=1S/C20H25N5O5/c1-3-5-9-30-19-23-17(21)15-18(24-19)25(20(28)22-15)11-13-8-6-7-12(10-14(26)27)16(13)29-4-2/h6-8H,3-5,9-11H2,1-2H3,(H,22,28)(H,26,27)(H2,21,23,24). The third-order valence-electron chi connectivity index (χ3n) is 4.50. The summed E-state index contributed by atoms with van der Waals surface area (Å²) in [6.45, 7) is 4.78. The number of ether oxygens (including phenoxy) is 2. The number of nitrogens with one attached hydrogen (secondary N) is 1. The molecule has 0 fully saturated rings. The van der Waals surface area contributed by atoms with Crippen LogP contribution in [0.4, 0.5) is 5.82 Å². The quantitative estimate of drug-likeness (QED) is 0.426. The van der Waals surface area contributed by atoms with E-state index in [1.54, 1.807) is 18.2 Å². The highest BCUT2D eigenvalue weighted by Gasteiger charge is 2.18. The molecule has 30 heavy (non-hydrogen) atoms. The molecule has 0 aliphatic heterocycles. The number of anilines is 1. The van der Waals surface area contributed by atoms with Gasteiger partial charge in [-0.1, -0.05) is 31.5 Å². The molecule has 0 bridgehead atoms. The Labute approximate surface area is 172 Å². The fraction of sp³-hybridized carbons (Fsp3) is 0.400. The van der Waals surface area contributed by atoms with Crippen LogP contribution in [0, 0.1) is 0 Å². The van der Waals surface area contributed by atoms with Crippen molar-refractivity contribution in [3.05, 3.63) is 39.8 Å². The number of carbonyl (C=O) groups is 1. The number of H-pyrrole nitrogens is 1. The second-order valence-electron chi connectivity index (χ2n) is 6.72. The lowest BCUT2D eigenvalue weighted by molar-refractivity contribution is -0.136. The molecule has 3 rings (SSSR count). The van der Waals surface area contributed by atoms with Crippen LogP contribution < -0.4 is 20.9 Å². The van der Waals surface area contributed by atoms with Crippen molar-refractivity contribution >= 4 is 23.0 Å². The molecule has 2 heterocycles. The highest BCUT2D eigenvalue weighted by molar-refractivity contribution is 5.82. The van der Waals surface area contributed by atoms with Gasteiger partial charge in [0, 0.05) is 11.1 Å². The van der Waals surface area contributed by atoms with E-state index in [1.165, 1.54) is 4.57 Å². The van der Waals surface area contributed by atoms with Crippen LogP contribution >= 0.6 is 0 Å². The Bertz CT molecular complexity index is 1100. The molecule has 0 aliphatic rings. The molecule has 10 heteroatoms. The minimum absolute atomic E-state index is 0.103. The predicted octanol–water partition coefficient (Wildman–Crippen LogP) is 1.95. The van der Waals surface area contributed by atoms with Crippen LogP contribution in [0.1, 0.15) is 37.8 Å². The highest BCUT2D eigenvalue weighted by Crippen LogP contribution is 2.27. The molecule has 0 saturated heterocycles. The Hall–Kier alpha value is -3.56. The van der Waals surface area contributed by atoms with E-state index in [2.05, 4.69) is 15.0 Å². The number of aliphatic carboxylic acids is 1. The number of nitrogen functional groups attached to an aromatic ring is 1. The maximum absolute atomic E-state index is 12.6. The van der Waals surface area contributed by atoms with Gasteiger partial charge in [-0.3, -0.25) is 9.36 Å². The SMILES string of the molecule is CCCCOc1nc(N)c2[nH]c(=O)n(Cc3cccc(CC(=O)O)c3OCC)c2n1. The molecule has 4 N–H and O–H groups in total. The summed E-state index contributed by atoms with van der Waals surface area (Å²) in [4.78, 5) is 34.9. The van der Waals surface area contributed by atoms with Crippen LogP contribution in [-0.2, 0) is 17.8 Å². The number of aromatic amines is 1. The Kier molecular flexibility index (Phi) is 6.55. The highest BCUT2D eigenvalue weighted by atomic mass is 16.5. The van der Waals surface area contributed by atoms with Crippen molar-refractivity contribution in [2.24, 2.45) is 0 Å². The maximum Gasteiger partial charge on any atom is 0.328 e. The van der Waals surface area contributed by atoms with Crippen molar-refractivity contribution in [1.29, 1.82) is 0 Å². The van der Waals surface area contributed by atoms with Crippen LogP contribution in [0.2, 0.25) is 0 Å². The van der Waals surface area contributed by atoms with Crippen molar-refractivity contribution in [3.63, 3.8) is 0 Å². The van der Waals surface area contributed by atoms with E-state index in [1.807, 2.05) is 13.8 Å². The first-order chi connectivity index (χ1) is 14.4. The summed E-state index contributed by atoms with van der Waals surface area (Å²) < 4.78 is 12.7. The molecule has 0 amide bonds. The minimum atomic E-state index is -0.966. The third-order valence-corrected chi connectivity index (χ3v) is 4.50. The van der Waals surface area contributed by atoms with E-state index in [9.17, 15) is 14.7 Å². The molecule has 3 aromatic rings. The smallest absolute Gasteiger partial charge is 0.328 e. The molecule has 10 nitrogen and oxygen atoms in total. The predicted molar refractivity (Wildman–Crippen MR) is 111 cm³/mol. The number of carboxylic acids is 1. The molecule has 160 valence electrons. The zero-order valence-electron chi connectivity index (χ0n) is 17.0. The molecule has 0 spiro atoms. The van der Waals surface area contributed by atoms with Crippen molar-refractivity contribution in [1.82, 2.24) is 19.5 Å². The average molecular weight is 415 g/mol. The zero-order chi connectivity index (χ0) is 21.7. The van der Waals surface area contributed by atoms with Gasteiger partial charge >= 0.3 is 17.7 Å². The number of hydrogen-bond acceptors (Lipinski definition) is 7. The number of rotatable bonds is 10. The van der Waals surface area contributed by atoms with Crippen molar-refractivity contribution in [2.45, 2.75) is 39.7 Å². The Balaban J connectivity index is 2.04. The van der Waals surface area contributed by atoms with Gasteiger partial charge < -0.3 is 25.3 Å². The first-order valence-electron chi connectivity index (χ1n) is 9.78. The zero-order valence-corrected chi connectivity index (χ0v) is 17.0. The summed E-state index contributed by atoms with van der Waals surface area (Å²) in [5.41, 5.74) is 7.40. The van der Waals surface area contributed by atoms with Crippen LogP contribution in [0.5, 0.6) is 11.8 Å². The lowest BCUT2D eigenvalue weighted by Gasteiger charge is -2.14. The van der Waals surface area contributed by atoms with E-state index >= 15 is 0 Å². The van der Waals surface area contributed by atoms with Crippen molar-refractivity contribution < 1.29 is 19.4 Å². The third kappa shape index (κ3) is 4.53. The summed E-state index contributed by atoms with van der Waals surface area (Å²) in [7, 11) is 0. The molecular formula is C20H25N5O5. The molecule has 2 aromatic heterocycles. The number of carboxylic acid groups (broad SMARTS) is 1. The number of benzene rings is 1. The lowest BCUT2D eigenvalue weighted by Crippen LogP contribution is -2.19. The van der Waals surface area contributed by atoms with Crippen LogP contribution in [0.25, 0.3) is 11.2 Å². The Morgan fingerprint density at radius 2 is 2.00 bits per heavy atom. The lowest BCUT2D eigenvalue weighted by atomic mass is 10.1. The van der Waals surface area contributed by atoms with Gasteiger partial charge in [-0.25, -0.2) is 4.79 Å². The average Bonchev–Trinajstić information content (AvgIpc) is 3.00.